The van der Waals surface area contributed by atoms with Gasteiger partial charge in [-0.25, -0.2) is 4.68 Å². The fourth-order valence-electron chi connectivity index (χ4n) is 3.49. The molecule has 1 aliphatic heterocycles. The summed E-state index contributed by atoms with van der Waals surface area (Å²) in [5.74, 6) is 1.26. The average Bonchev–Trinajstić information content (AvgIpc) is 3.35. The summed E-state index contributed by atoms with van der Waals surface area (Å²) in [6, 6.07) is 3.98. The number of aromatic nitrogens is 5. The summed E-state index contributed by atoms with van der Waals surface area (Å²) in [5.41, 5.74) is 2.32. The highest BCUT2D eigenvalue weighted by Crippen LogP contribution is 2.33. The van der Waals surface area contributed by atoms with E-state index in [1.165, 1.54) is 7.11 Å². The van der Waals surface area contributed by atoms with Gasteiger partial charge in [-0.3, -0.25) is 9.48 Å². The van der Waals surface area contributed by atoms with Crippen LogP contribution in [0.3, 0.4) is 0 Å². The van der Waals surface area contributed by atoms with Gasteiger partial charge in [0, 0.05) is 31.2 Å². The number of carbonyl (C=O) groups excluding carboxylic acids is 1. The first-order valence-corrected chi connectivity index (χ1v) is 8.91. The van der Waals surface area contributed by atoms with Crippen LogP contribution in [0.2, 0.25) is 0 Å². The predicted octanol–water partition coefficient (Wildman–Crippen LogP) is 2.33. The van der Waals surface area contributed by atoms with E-state index in [4.69, 9.17) is 9.84 Å². The standard InChI is InChI=1S/C19H24N6O2/c1-19(2,3)25-17(23-8-6-7-9-23)13-11-24(12-15(13)20-25)18(26)14-10-22(4)21-16(14)27-5/h6-10H,11-12H2,1-5H3. The van der Waals surface area contributed by atoms with E-state index in [0.717, 1.165) is 17.1 Å². The van der Waals surface area contributed by atoms with Crippen molar-refractivity contribution in [3.8, 4) is 11.7 Å². The Bertz CT molecular complexity index is 990. The van der Waals surface area contributed by atoms with E-state index in [-0.39, 0.29) is 11.4 Å². The maximum atomic E-state index is 13.0. The fraction of sp³-hybridized carbons (Fsp3) is 0.421. The summed E-state index contributed by atoms with van der Waals surface area (Å²) in [4.78, 5) is 14.8. The molecule has 8 nitrogen and oxygen atoms in total. The van der Waals surface area contributed by atoms with E-state index in [0.29, 0.717) is 24.5 Å². The van der Waals surface area contributed by atoms with Gasteiger partial charge in [-0.1, -0.05) is 0 Å². The number of carbonyl (C=O) groups is 1. The second-order valence-corrected chi connectivity index (χ2v) is 7.81. The van der Waals surface area contributed by atoms with E-state index in [1.54, 1.807) is 22.8 Å². The van der Waals surface area contributed by atoms with Gasteiger partial charge in [0.05, 0.1) is 31.4 Å². The summed E-state index contributed by atoms with van der Waals surface area (Å²) < 4.78 is 10.9. The van der Waals surface area contributed by atoms with Gasteiger partial charge >= 0.3 is 0 Å². The Morgan fingerprint density at radius 1 is 1.15 bits per heavy atom. The topological polar surface area (TPSA) is 70.1 Å². The molecule has 4 heterocycles. The van der Waals surface area contributed by atoms with Gasteiger partial charge in [0.2, 0.25) is 5.88 Å². The summed E-state index contributed by atoms with van der Waals surface area (Å²) in [6.45, 7) is 7.38. The number of amides is 1. The lowest BCUT2D eigenvalue weighted by Crippen LogP contribution is -2.29. The van der Waals surface area contributed by atoms with Crippen LogP contribution >= 0.6 is 0 Å². The van der Waals surface area contributed by atoms with Crippen LogP contribution in [-0.4, -0.2) is 42.0 Å². The van der Waals surface area contributed by atoms with Crippen LogP contribution in [0.4, 0.5) is 0 Å². The highest BCUT2D eigenvalue weighted by Gasteiger charge is 2.35. The molecule has 3 aromatic heterocycles. The van der Waals surface area contributed by atoms with Crippen molar-refractivity contribution < 1.29 is 9.53 Å². The minimum Gasteiger partial charge on any atom is -0.479 e. The monoisotopic (exact) mass is 368 g/mol. The van der Waals surface area contributed by atoms with E-state index in [9.17, 15) is 4.79 Å². The number of nitrogens with zero attached hydrogens (tertiary/aromatic N) is 6. The third-order valence-corrected chi connectivity index (χ3v) is 4.72. The van der Waals surface area contributed by atoms with E-state index in [2.05, 4.69) is 30.4 Å². The zero-order valence-electron chi connectivity index (χ0n) is 16.3. The van der Waals surface area contributed by atoms with E-state index < -0.39 is 0 Å². The molecule has 0 fully saturated rings. The van der Waals surface area contributed by atoms with Gasteiger partial charge in [-0.2, -0.15) is 5.10 Å². The minimum absolute atomic E-state index is 0.0984. The van der Waals surface area contributed by atoms with Crippen LogP contribution < -0.4 is 4.74 Å². The molecule has 0 N–H and O–H groups in total. The fourth-order valence-corrected chi connectivity index (χ4v) is 3.49. The lowest BCUT2D eigenvalue weighted by molar-refractivity contribution is 0.0745. The molecule has 1 aliphatic rings. The minimum atomic E-state index is -0.161. The molecule has 0 saturated carbocycles. The lowest BCUT2D eigenvalue weighted by atomic mass is 10.1. The highest BCUT2D eigenvalue weighted by molar-refractivity contribution is 5.96. The number of aryl methyl sites for hydroxylation is 1. The second-order valence-electron chi connectivity index (χ2n) is 7.81. The Morgan fingerprint density at radius 2 is 1.85 bits per heavy atom. The molecule has 0 aliphatic carbocycles. The molecule has 3 aromatic rings. The molecular formula is C19H24N6O2. The number of hydrogen-bond donors (Lipinski definition) is 0. The van der Waals surface area contributed by atoms with Crippen molar-refractivity contribution in [1.82, 2.24) is 29.0 Å². The Hall–Kier alpha value is -3.03. The van der Waals surface area contributed by atoms with Crippen LogP contribution in [0.25, 0.3) is 5.82 Å². The van der Waals surface area contributed by atoms with Crippen LogP contribution in [0.15, 0.2) is 30.7 Å². The molecule has 0 spiro atoms. The zero-order chi connectivity index (χ0) is 19.3. The molecule has 1 amide bonds. The van der Waals surface area contributed by atoms with Crippen LogP contribution in [0.5, 0.6) is 5.88 Å². The quantitative estimate of drug-likeness (QED) is 0.711. The Kier molecular flexibility index (Phi) is 3.87. The molecule has 0 radical (unpaired) electrons. The van der Waals surface area contributed by atoms with Gasteiger partial charge in [-0.05, 0) is 32.9 Å². The van der Waals surface area contributed by atoms with Gasteiger partial charge < -0.3 is 14.2 Å². The Balaban J connectivity index is 1.71. The summed E-state index contributed by atoms with van der Waals surface area (Å²) >= 11 is 0. The van der Waals surface area contributed by atoms with Gasteiger partial charge in [0.15, 0.2) is 0 Å². The molecule has 0 bridgehead atoms. The first-order valence-electron chi connectivity index (χ1n) is 8.91. The summed E-state index contributed by atoms with van der Waals surface area (Å²) in [5, 5.41) is 9.03. The number of fused-ring (bicyclic) bond motifs is 1. The largest absolute Gasteiger partial charge is 0.479 e. The average molecular weight is 368 g/mol. The number of ether oxygens (including phenoxy) is 1. The van der Waals surface area contributed by atoms with Crippen LogP contribution in [0.1, 0.15) is 42.4 Å². The predicted molar refractivity (Wildman–Crippen MR) is 99.9 cm³/mol. The Morgan fingerprint density at radius 3 is 2.48 bits per heavy atom. The normalized spacial score (nSPS) is 13.9. The first-order chi connectivity index (χ1) is 12.8. The van der Waals surface area contributed by atoms with Crippen molar-refractivity contribution in [2.75, 3.05) is 7.11 Å². The summed E-state index contributed by atoms with van der Waals surface area (Å²) in [7, 11) is 3.30. The molecular weight excluding hydrogens is 344 g/mol. The lowest BCUT2D eigenvalue weighted by Gasteiger charge is -2.24. The number of hydrogen-bond acceptors (Lipinski definition) is 4. The molecule has 0 atom stereocenters. The number of methoxy groups -OCH3 is 1. The second kappa shape index (κ2) is 6.00. The number of rotatable bonds is 3. The third-order valence-electron chi connectivity index (χ3n) is 4.72. The molecule has 27 heavy (non-hydrogen) atoms. The van der Waals surface area contributed by atoms with Gasteiger partial charge in [-0.15, -0.1) is 5.10 Å². The Labute approximate surface area is 157 Å². The van der Waals surface area contributed by atoms with Gasteiger partial charge in [0.25, 0.3) is 5.91 Å². The molecule has 4 rings (SSSR count). The smallest absolute Gasteiger partial charge is 0.261 e. The van der Waals surface area contributed by atoms with Gasteiger partial charge in [0.1, 0.15) is 11.4 Å². The van der Waals surface area contributed by atoms with Crippen LogP contribution in [0, 0.1) is 0 Å². The highest BCUT2D eigenvalue weighted by atomic mass is 16.5. The zero-order valence-corrected chi connectivity index (χ0v) is 16.3. The molecule has 0 unspecified atom stereocenters. The van der Waals surface area contributed by atoms with Crippen molar-refractivity contribution in [3.63, 3.8) is 0 Å². The van der Waals surface area contributed by atoms with Crippen molar-refractivity contribution in [1.29, 1.82) is 0 Å². The van der Waals surface area contributed by atoms with Crippen molar-refractivity contribution in [2.45, 2.75) is 39.4 Å². The van der Waals surface area contributed by atoms with E-state index in [1.807, 2.05) is 29.2 Å². The van der Waals surface area contributed by atoms with Crippen LogP contribution in [-0.2, 0) is 25.7 Å². The molecule has 0 saturated heterocycles. The molecule has 8 heteroatoms. The first kappa shape index (κ1) is 17.4. The van der Waals surface area contributed by atoms with Crippen molar-refractivity contribution in [3.05, 3.63) is 47.5 Å². The maximum absolute atomic E-state index is 13.0. The maximum Gasteiger partial charge on any atom is 0.261 e. The van der Waals surface area contributed by atoms with Crippen molar-refractivity contribution >= 4 is 5.91 Å². The summed E-state index contributed by atoms with van der Waals surface area (Å²) in [6.07, 6.45) is 5.71. The van der Waals surface area contributed by atoms with Crippen molar-refractivity contribution in [2.24, 2.45) is 7.05 Å². The van der Waals surface area contributed by atoms with E-state index >= 15 is 0 Å². The molecule has 0 aromatic carbocycles. The SMILES string of the molecule is COc1nn(C)cc1C(=O)N1Cc2nn(C(C)(C)C)c(-n3cccc3)c2C1. The molecule has 142 valence electrons. The third kappa shape index (κ3) is 2.81.